The highest BCUT2D eigenvalue weighted by atomic mass is 19.4. The molecule has 27 heavy (non-hydrogen) atoms. The largest absolute Gasteiger partial charge is 0.416 e. The molecule has 2 saturated heterocycles. The fraction of sp³-hybridized carbons (Fsp3) is 0.550. The lowest BCUT2D eigenvalue weighted by molar-refractivity contribution is -0.137. The molecule has 4 nitrogen and oxygen atoms in total. The van der Waals surface area contributed by atoms with Gasteiger partial charge >= 0.3 is 6.18 Å². The first-order chi connectivity index (χ1) is 12.9. The van der Waals surface area contributed by atoms with Gasteiger partial charge in [0.2, 0.25) is 5.91 Å². The van der Waals surface area contributed by atoms with E-state index in [0.717, 1.165) is 25.6 Å². The van der Waals surface area contributed by atoms with E-state index in [-0.39, 0.29) is 24.1 Å². The van der Waals surface area contributed by atoms with E-state index in [9.17, 15) is 18.0 Å². The Balaban J connectivity index is 1.44. The van der Waals surface area contributed by atoms with Crippen molar-refractivity contribution in [2.45, 2.75) is 37.9 Å². The van der Waals surface area contributed by atoms with Gasteiger partial charge < -0.3 is 4.90 Å². The molecule has 3 heterocycles. The Kier molecular flexibility index (Phi) is 4.99. The van der Waals surface area contributed by atoms with E-state index < -0.39 is 11.7 Å². The van der Waals surface area contributed by atoms with Crippen LogP contribution in [0.1, 0.15) is 36.8 Å². The standard InChI is InChI=1S/C20H24F3N3O/c21-20(22,23)18-6-2-1-5-17(18)15-4-3-8-25(13-15)19(27)11-16-10-14-7-9-26(12-14)24-16/h1-2,4-6,14,16,24H,3,7-13H2. The molecule has 4 rings (SSSR count). The van der Waals surface area contributed by atoms with Gasteiger partial charge in [0.25, 0.3) is 0 Å². The fourth-order valence-electron chi connectivity index (χ4n) is 4.49. The highest BCUT2D eigenvalue weighted by Crippen LogP contribution is 2.36. The molecule has 1 aromatic rings. The Morgan fingerprint density at radius 3 is 2.81 bits per heavy atom. The third kappa shape index (κ3) is 4.04. The molecule has 0 aromatic heterocycles. The molecule has 3 aliphatic heterocycles. The first-order valence-electron chi connectivity index (χ1n) is 9.54. The van der Waals surface area contributed by atoms with Crippen LogP contribution in [0.3, 0.4) is 0 Å². The number of carbonyl (C=O) groups excluding carboxylic acids is 1. The van der Waals surface area contributed by atoms with Gasteiger partial charge in [-0.25, -0.2) is 5.01 Å². The number of nitrogens with one attached hydrogen (secondary N) is 1. The van der Waals surface area contributed by atoms with Crippen molar-refractivity contribution in [3.8, 4) is 0 Å². The zero-order chi connectivity index (χ0) is 19.0. The molecule has 2 fully saturated rings. The summed E-state index contributed by atoms with van der Waals surface area (Å²) in [5, 5.41) is 2.19. The molecule has 0 radical (unpaired) electrons. The molecule has 0 saturated carbocycles. The Morgan fingerprint density at radius 2 is 2.04 bits per heavy atom. The quantitative estimate of drug-likeness (QED) is 0.875. The summed E-state index contributed by atoms with van der Waals surface area (Å²) in [7, 11) is 0. The number of carbonyl (C=O) groups is 1. The molecule has 7 heteroatoms. The number of hydrogen-bond acceptors (Lipinski definition) is 3. The predicted molar refractivity (Wildman–Crippen MR) is 96.5 cm³/mol. The molecule has 146 valence electrons. The SMILES string of the molecule is O=C(CC1CC2CCN(C2)N1)N1CCC=C(c2ccccc2C(F)(F)F)C1. The maximum absolute atomic E-state index is 13.3. The molecular formula is C20H24F3N3O. The van der Waals surface area contributed by atoms with E-state index in [1.165, 1.54) is 18.6 Å². The van der Waals surface area contributed by atoms with E-state index in [2.05, 4.69) is 10.4 Å². The molecule has 0 spiro atoms. The van der Waals surface area contributed by atoms with Crippen LogP contribution in [0.15, 0.2) is 30.3 Å². The Hall–Kier alpha value is -1.86. The summed E-state index contributed by atoms with van der Waals surface area (Å²) < 4.78 is 40.0. The van der Waals surface area contributed by atoms with Crippen LogP contribution >= 0.6 is 0 Å². The van der Waals surface area contributed by atoms with Gasteiger partial charge in [-0.2, -0.15) is 13.2 Å². The van der Waals surface area contributed by atoms with Crippen LogP contribution in [0.2, 0.25) is 0 Å². The summed E-state index contributed by atoms with van der Waals surface area (Å²) in [6, 6.07) is 5.75. The van der Waals surface area contributed by atoms with Crippen molar-refractivity contribution in [1.29, 1.82) is 0 Å². The van der Waals surface area contributed by atoms with Gasteiger partial charge in [0.05, 0.1) is 5.56 Å². The van der Waals surface area contributed by atoms with Crippen molar-refractivity contribution in [3.05, 3.63) is 41.5 Å². The van der Waals surface area contributed by atoms with Crippen LogP contribution in [0.4, 0.5) is 13.2 Å². The van der Waals surface area contributed by atoms with Gasteiger partial charge in [-0.05, 0) is 42.4 Å². The number of fused-ring (bicyclic) bond motifs is 2. The number of amides is 1. The molecule has 3 unspecified atom stereocenters. The van der Waals surface area contributed by atoms with Crippen molar-refractivity contribution in [3.63, 3.8) is 0 Å². The second kappa shape index (κ2) is 7.28. The van der Waals surface area contributed by atoms with Crippen molar-refractivity contribution in [2.24, 2.45) is 5.92 Å². The van der Waals surface area contributed by atoms with Crippen LogP contribution in [-0.4, -0.2) is 48.0 Å². The van der Waals surface area contributed by atoms with Gasteiger partial charge in [0, 0.05) is 38.6 Å². The maximum atomic E-state index is 13.3. The third-order valence-corrected chi connectivity index (χ3v) is 5.77. The third-order valence-electron chi connectivity index (χ3n) is 5.77. The monoisotopic (exact) mass is 379 g/mol. The maximum Gasteiger partial charge on any atom is 0.416 e. The van der Waals surface area contributed by atoms with Gasteiger partial charge in [-0.1, -0.05) is 24.3 Å². The normalized spacial score (nSPS) is 28.2. The Morgan fingerprint density at radius 1 is 1.22 bits per heavy atom. The van der Waals surface area contributed by atoms with Gasteiger partial charge in [-0.15, -0.1) is 0 Å². The van der Waals surface area contributed by atoms with Crippen LogP contribution < -0.4 is 5.43 Å². The van der Waals surface area contributed by atoms with Crippen LogP contribution in [0, 0.1) is 5.92 Å². The molecule has 2 bridgehead atoms. The van der Waals surface area contributed by atoms with Crippen LogP contribution in [0.5, 0.6) is 0 Å². The lowest BCUT2D eigenvalue weighted by Crippen LogP contribution is -2.50. The molecule has 3 aliphatic rings. The molecule has 1 aromatic carbocycles. The van der Waals surface area contributed by atoms with Crippen molar-refractivity contribution in [2.75, 3.05) is 26.2 Å². The smallest absolute Gasteiger partial charge is 0.338 e. The second-order valence-corrected chi connectivity index (χ2v) is 7.74. The number of nitrogens with zero attached hydrogens (tertiary/aromatic N) is 2. The molecule has 3 atom stereocenters. The first kappa shape index (κ1) is 18.5. The highest BCUT2D eigenvalue weighted by molar-refractivity contribution is 5.81. The van der Waals surface area contributed by atoms with Gasteiger partial charge in [-0.3, -0.25) is 10.2 Å². The first-order valence-corrected chi connectivity index (χ1v) is 9.54. The average Bonchev–Trinajstić information content (AvgIpc) is 2.99. The van der Waals surface area contributed by atoms with E-state index in [0.29, 0.717) is 30.9 Å². The summed E-state index contributed by atoms with van der Waals surface area (Å²) in [5.41, 5.74) is 3.54. The summed E-state index contributed by atoms with van der Waals surface area (Å²) in [6.45, 7) is 2.89. The molecule has 1 N–H and O–H groups in total. The number of hydrazine groups is 1. The van der Waals surface area contributed by atoms with E-state index >= 15 is 0 Å². The van der Waals surface area contributed by atoms with E-state index in [1.54, 1.807) is 11.0 Å². The minimum atomic E-state index is -4.40. The number of hydrogen-bond donors (Lipinski definition) is 1. The van der Waals surface area contributed by atoms with E-state index in [4.69, 9.17) is 0 Å². The zero-order valence-corrected chi connectivity index (χ0v) is 15.1. The Labute approximate surface area is 157 Å². The average molecular weight is 379 g/mol. The van der Waals surface area contributed by atoms with Gasteiger partial charge in [0.1, 0.15) is 0 Å². The number of halogens is 3. The summed E-state index contributed by atoms with van der Waals surface area (Å²) >= 11 is 0. The van der Waals surface area contributed by atoms with Crippen LogP contribution in [-0.2, 0) is 11.0 Å². The Bertz CT molecular complexity index is 734. The van der Waals surface area contributed by atoms with Crippen molar-refractivity contribution < 1.29 is 18.0 Å². The number of benzene rings is 1. The lowest BCUT2D eigenvalue weighted by atomic mass is 9.94. The number of alkyl halides is 3. The molecule has 0 aliphatic carbocycles. The minimum Gasteiger partial charge on any atom is -0.338 e. The summed E-state index contributed by atoms with van der Waals surface area (Å²) in [5.74, 6) is 0.671. The van der Waals surface area contributed by atoms with Crippen LogP contribution in [0.25, 0.3) is 5.57 Å². The lowest BCUT2D eigenvalue weighted by Gasteiger charge is -2.34. The predicted octanol–water partition coefficient (Wildman–Crippen LogP) is 3.31. The zero-order valence-electron chi connectivity index (χ0n) is 15.1. The fourth-order valence-corrected chi connectivity index (χ4v) is 4.49. The molecular weight excluding hydrogens is 355 g/mol. The summed E-state index contributed by atoms with van der Waals surface area (Å²) in [6.07, 6.45) is 0.585. The summed E-state index contributed by atoms with van der Waals surface area (Å²) in [4.78, 5) is 14.5. The molecule has 1 amide bonds. The van der Waals surface area contributed by atoms with Gasteiger partial charge in [0.15, 0.2) is 0 Å². The number of rotatable bonds is 3. The van der Waals surface area contributed by atoms with Crippen molar-refractivity contribution >= 4 is 11.5 Å². The topological polar surface area (TPSA) is 35.6 Å². The second-order valence-electron chi connectivity index (χ2n) is 7.74. The minimum absolute atomic E-state index is 0.0186. The highest BCUT2D eigenvalue weighted by Gasteiger charge is 2.36. The van der Waals surface area contributed by atoms with Crippen molar-refractivity contribution in [1.82, 2.24) is 15.3 Å². The van der Waals surface area contributed by atoms with E-state index in [1.807, 2.05) is 6.08 Å².